The van der Waals surface area contributed by atoms with Gasteiger partial charge in [-0.25, -0.2) is 8.42 Å². The molecule has 0 heterocycles. The van der Waals surface area contributed by atoms with Crippen LogP contribution in [0.25, 0.3) is 0 Å². The molecule has 1 saturated carbocycles. The highest BCUT2D eigenvalue weighted by Gasteiger charge is 2.43. The van der Waals surface area contributed by atoms with Gasteiger partial charge in [0.25, 0.3) is 0 Å². The average molecular weight is 270 g/mol. The van der Waals surface area contributed by atoms with E-state index in [4.69, 9.17) is 0 Å². The van der Waals surface area contributed by atoms with Crippen molar-refractivity contribution in [2.75, 3.05) is 12.4 Å². The zero-order valence-corrected chi connectivity index (χ0v) is 10.7. The maximum Gasteiger partial charge on any atom is 0.217 e. The molecule has 3 nitrogen and oxygen atoms in total. The quantitative estimate of drug-likeness (QED) is 0.727. The summed E-state index contributed by atoms with van der Waals surface area (Å²) in [7, 11) is -1.37. The Balaban J connectivity index is 2.82. The van der Waals surface area contributed by atoms with Crippen LogP contribution in [0.2, 0.25) is 0 Å². The van der Waals surface area contributed by atoms with Gasteiger partial charge in [0.1, 0.15) is 0 Å². The van der Waals surface area contributed by atoms with E-state index in [1.165, 1.54) is 4.31 Å². The van der Waals surface area contributed by atoms with Crippen molar-refractivity contribution in [1.82, 2.24) is 4.31 Å². The molecular formula is C8H16BrNO2S. The van der Waals surface area contributed by atoms with Gasteiger partial charge in [-0.05, 0) is 26.7 Å². The van der Waals surface area contributed by atoms with Gasteiger partial charge in [-0.2, -0.15) is 4.31 Å². The highest BCUT2D eigenvalue weighted by Crippen LogP contribution is 2.33. The minimum atomic E-state index is -3.03. The average Bonchev–Trinajstić information content (AvgIpc) is 2.85. The van der Waals surface area contributed by atoms with Crippen molar-refractivity contribution >= 4 is 26.0 Å². The lowest BCUT2D eigenvalue weighted by atomic mass is 10.1. The van der Waals surface area contributed by atoms with Crippen LogP contribution in [0.5, 0.6) is 0 Å². The minimum Gasteiger partial charge on any atom is -0.212 e. The third-order valence-corrected chi connectivity index (χ3v) is 6.45. The van der Waals surface area contributed by atoms with Crippen molar-refractivity contribution < 1.29 is 8.42 Å². The topological polar surface area (TPSA) is 37.4 Å². The summed E-state index contributed by atoms with van der Waals surface area (Å²) in [5.74, 6) is 0. The van der Waals surface area contributed by atoms with Crippen molar-refractivity contribution in [1.29, 1.82) is 0 Å². The van der Waals surface area contributed by atoms with Crippen LogP contribution in [0.3, 0.4) is 0 Å². The number of sulfonamides is 1. The second-order valence-corrected chi connectivity index (χ2v) is 6.96. The van der Waals surface area contributed by atoms with Gasteiger partial charge in [0, 0.05) is 17.9 Å². The second kappa shape index (κ2) is 3.51. The predicted octanol–water partition coefficient (Wildman–Crippen LogP) is 1.58. The summed E-state index contributed by atoms with van der Waals surface area (Å²) in [5.41, 5.74) is -0.332. The zero-order chi connectivity index (χ0) is 10.3. The first-order valence-electron chi connectivity index (χ1n) is 4.36. The number of nitrogens with zero attached hydrogens (tertiary/aromatic N) is 1. The van der Waals surface area contributed by atoms with E-state index < -0.39 is 10.0 Å². The molecule has 78 valence electrons. The summed E-state index contributed by atoms with van der Waals surface area (Å²) in [6, 6.07) is 0. The molecule has 0 aromatic heterocycles. The summed E-state index contributed by atoms with van der Waals surface area (Å²) >= 11 is 3.33. The smallest absolute Gasteiger partial charge is 0.212 e. The van der Waals surface area contributed by atoms with Crippen LogP contribution in [0.1, 0.15) is 26.7 Å². The van der Waals surface area contributed by atoms with Crippen LogP contribution >= 0.6 is 15.9 Å². The van der Waals surface area contributed by atoms with Crippen LogP contribution in [-0.2, 0) is 10.0 Å². The molecule has 0 aliphatic heterocycles. The molecule has 0 aromatic carbocycles. The Kier molecular flexibility index (Phi) is 3.10. The van der Waals surface area contributed by atoms with Crippen LogP contribution in [0.15, 0.2) is 0 Å². The van der Waals surface area contributed by atoms with Crippen molar-refractivity contribution in [3.05, 3.63) is 0 Å². The Morgan fingerprint density at radius 3 is 2.23 bits per heavy atom. The highest BCUT2D eigenvalue weighted by atomic mass is 79.9. The van der Waals surface area contributed by atoms with E-state index in [9.17, 15) is 8.42 Å². The summed E-state index contributed by atoms with van der Waals surface area (Å²) in [4.78, 5) is 0. The van der Waals surface area contributed by atoms with E-state index in [1.54, 1.807) is 7.05 Å². The first-order chi connectivity index (χ1) is 5.82. The monoisotopic (exact) mass is 269 g/mol. The summed E-state index contributed by atoms with van der Waals surface area (Å²) in [6.45, 7) is 3.84. The molecule has 0 radical (unpaired) electrons. The molecule has 1 aliphatic carbocycles. The van der Waals surface area contributed by atoms with Gasteiger partial charge in [0.05, 0.1) is 5.25 Å². The third kappa shape index (κ3) is 2.25. The fourth-order valence-electron chi connectivity index (χ4n) is 1.02. The van der Waals surface area contributed by atoms with Gasteiger partial charge in [-0.3, -0.25) is 0 Å². The summed E-state index contributed by atoms with van der Waals surface area (Å²) in [6.07, 6.45) is 1.65. The second-order valence-electron chi connectivity index (χ2n) is 4.16. The van der Waals surface area contributed by atoms with Crippen LogP contribution < -0.4 is 0 Å². The van der Waals surface area contributed by atoms with E-state index >= 15 is 0 Å². The van der Waals surface area contributed by atoms with Gasteiger partial charge < -0.3 is 0 Å². The number of hydrogen-bond donors (Lipinski definition) is 0. The Morgan fingerprint density at radius 1 is 1.46 bits per heavy atom. The predicted molar refractivity (Wildman–Crippen MR) is 57.6 cm³/mol. The van der Waals surface area contributed by atoms with Crippen LogP contribution in [-0.4, -0.2) is 35.9 Å². The standard InChI is InChI=1S/C8H16BrNO2S/c1-8(2,6-9)10(3)13(11,12)7-4-5-7/h7H,4-6H2,1-3H3. The first-order valence-corrected chi connectivity index (χ1v) is 6.98. The molecule has 0 aromatic rings. The molecule has 0 unspecified atom stereocenters. The lowest BCUT2D eigenvalue weighted by Gasteiger charge is -2.33. The van der Waals surface area contributed by atoms with E-state index in [1.807, 2.05) is 13.8 Å². The van der Waals surface area contributed by atoms with Gasteiger partial charge in [-0.1, -0.05) is 15.9 Å². The fourth-order valence-corrected chi connectivity index (χ4v) is 3.49. The van der Waals surface area contributed by atoms with Gasteiger partial charge in [-0.15, -0.1) is 0 Å². The Bertz CT molecular complexity index is 283. The summed E-state index contributed by atoms with van der Waals surface area (Å²) in [5, 5.41) is 0.540. The molecule has 0 saturated heterocycles. The molecule has 1 rings (SSSR count). The van der Waals surface area contributed by atoms with E-state index in [0.717, 1.165) is 12.8 Å². The normalized spacial score (nSPS) is 19.5. The van der Waals surface area contributed by atoms with Gasteiger partial charge >= 0.3 is 0 Å². The van der Waals surface area contributed by atoms with E-state index in [2.05, 4.69) is 15.9 Å². The van der Waals surface area contributed by atoms with Gasteiger partial charge in [0.2, 0.25) is 10.0 Å². The third-order valence-electron chi connectivity index (χ3n) is 2.51. The molecule has 1 aliphatic rings. The highest BCUT2D eigenvalue weighted by molar-refractivity contribution is 9.09. The maximum absolute atomic E-state index is 11.8. The lowest BCUT2D eigenvalue weighted by molar-refractivity contribution is 0.299. The summed E-state index contributed by atoms with van der Waals surface area (Å²) < 4.78 is 25.1. The van der Waals surface area contributed by atoms with Crippen molar-refractivity contribution in [3.63, 3.8) is 0 Å². The van der Waals surface area contributed by atoms with Crippen molar-refractivity contribution in [2.45, 2.75) is 37.5 Å². The molecule has 0 N–H and O–H groups in total. The number of hydrogen-bond acceptors (Lipinski definition) is 2. The maximum atomic E-state index is 11.8. The van der Waals surface area contributed by atoms with Crippen molar-refractivity contribution in [2.24, 2.45) is 0 Å². The molecule has 1 fully saturated rings. The zero-order valence-electron chi connectivity index (χ0n) is 8.25. The molecule has 0 spiro atoms. The largest absolute Gasteiger partial charge is 0.217 e. The van der Waals surface area contributed by atoms with Crippen LogP contribution in [0, 0.1) is 0 Å². The molecule has 0 bridgehead atoms. The number of alkyl halides is 1. The SMILES string of the molecule is CN(C(C)(C)CBr)S(=O)(=O)C1CC1. The molecule has 5 heteroatoms. The van der Waals surface area contributed by atoms with Gasteiger partial charge in [0.15, 0.2) is 0 Å². The number of rotatable bonds is 4. The Hall–Kier alpha value is 0.390. The fraction of sp³-hybridized carbons (Fsp3) is 1.00. The molecule has 0 amide bonds. The molecule has 0 atom stereocenters. The van der Waals surface area contributed by atoms with E-state index in [0.29, 0.717) is 5.33 Å². The van der Waals surface area contributed by atoms with Crippen molar-refractivity contribution in [3.8, 4) is 0 Å². The minimum absolute atomic E-state index is 0.115. The Morgan fingerprint density at radius 2 is 1.92 bits per heavy atom. The van der Waals surface area contributed by atoms with Crippen LogP contribution in [0.4, 0.5) is 0 Å². The lowest BCUT2D eigenvalue weighted by Crippen LogP contribution is -2.47. The molecular weight excluding hydrogens is 254 g/mol. The Labute approximate surface area is 88.7 Å². The number of halogens is 1. The molecule has 13 heavy (non-hydrogen) atoms. The first kappa shape index (κ1) is 11.5. The van der Waals surface area contributed by atoms with E-state index in [-0.39, 0.29) is 10.8 Å².